The van der Waals surface area contributed by atoms with Crippen LogP contribution in [-0.4, -0.2) is 29.0 Å². The number of nitrogens with one attached hydrogen (secondary N) is 2. The molecule has 1 unspecified atom stereocenters. The van der Waals surface area contributed by atoms with Crippen molar-refractivity contribution in [2.75, 3.05) is 0 Å². The monoisotopic (exact) mass is 396 g/mol. The molecular formula is C21H24N4O4. The number of carbonyl (C=O) groups excluding carboxylic acids is 2. The van der Waals surface area contributed by atoms with E-state index >= 15 is 0 Å². The van der Waals surface area contributed by atoms with Crippen LogP contribution >= 0.6 is 0 Å². The van der Waals surface area contributed by atoms with E-state index in [0.717, 1.165) is 5.56 Å². The van der Waals surface area contributed by atoms with E-state index in [2.05, 4.69) is 15.8 Å². The fourth-order valence-electron chi connectivity index (χ4n) is 2.61. The molecule has 152 valence electrons. The Morgan fingerprint density at radius 2 is 1.76 bits per heavy atom. The van der Waals surface area contributed by atoms with Crippen LogP contribution in [0.1, 0.15) is 40.9 Å². The van der Waals surface area contributed by atoms with E-state index in [1.54, 1.807) is 31.2 Å². The van der Waals surface area contributed by atoms with Gasteiger partial charge in [-0.05, 0) is 31.9 Å². The minimum absolute atomic E-state index is 0.0225. The second kappa shape index (κ2) is 9.59. The maximum absolute atomic E-state index is 12.5. The van der Waals surface area contributed by atoms with E-state index in [-0.39, 0.29) is 17.5 Å². The Hall–Kier alpha value is -3.55. The molecule has 2 aromatic carbocycles. The van der Waals surface area contributed by atoms with Gasteiger partial charge in [0, 0.05) is 22.8 Å². The topological polar surface area (TPSA) is 114 Å². The number of hydrogen-bond donors (Lipinski definition) is 2. The van der Waals surface area contributed by atoms with Crippen LogP contribution in [-0.2, 0) is 4.79 Å². The molecule has 0 aliphatic carbocycles. The first-order valence-electron chi connectivity index (χ1n) is 9.14. The van der Waals surface area contributed by atoms with Gasteiger partial charge in [-0.25, -0.2) is 5.43 Å². The molecule has 2 aromatic rings. The average Bonchev–Trinajstić information content (AvgIpc) is 2.67. The van der Waals surface area contributed by atoms with Gasteiger partial charge in [0.1, 0.15) is 6.04 Å². The number of nitro benzene ring substituents is 1. The zero-order chi connectivity index (χ0) is 21.6. The fraction of sp³-hybridized carbons (Fsp3) is 0.286. The molecule has 0 aliphatic rings. The van der Waals surface area contributed by atoms with Crippen molar-refractivity contribution >= 4 is 23.7 Å². The van der Waals surface area contributed by atoms with Crippen LogP contribution in [0.3, 0.4) is 0 Å². The number of nitrogens with zero attached hydrogens (tertiary/aromatic N) is 2. The lowest BCUT2D eigenvalue weighted by Crippen LogP contribution is -2.48. The van der Waals surface area contributed by atoms with E-state index in [9.17, 15) is 19.7 Å². The maximum Gasteiger partial charge on any atom is 0.272 e. The Bertz CT molecular complexity index is 936. The van der Waals surface area contributed by atoms with Crippen molar-refractivity contribution in [3.05, 3.63) is 74.8 Å². The van der Waals surface area contributed by atoms with Crippen LogP contribution in [0, 0.1) is 29.9 Å². The lowest BCUT2D eigenvalue weighted by atomic mass is 10.0. The second-order valence-electron chi connectivity index (χ2n) is 7.10. The van der Waals surface area contributed by atoms with Crippen LogP contribution in [0.15, 0.2) is 47.6 Å². The fourth-order valence-corrected chi connectivity index (χ4v) is 2.61. The summed E-state index contributed by atoms with van der Waals surface area (Å²) < 4.78 is 0. The molecule has 0 heterocycles. The van der Waals surface area contributed by atoms with E-state index in [0.29, 0.717) is 16.7 Å². The lowest BCUT2D eigenvalue weighted by molar-refractivity contribution is -0.385. The van der Waals surface area contributed by atoms with E-state index < -0.39 is 16.9 Å². The predicted octanol–water partition coefficient (Wildman–Crippen LogP) is 3.12. The van der Waals surface area contributed by atoms with Gasteiger partial charge in [0.05, 0.1) is 11.1 Å². The standard InChI is InChI=1S/C21H24N4O4/c1-13(2)19(23-20(26)17-9-5-14(3)6-10-17)21(27)24-22-12-16-8-7-15(4)18(11-16)25(28)29/h5-13,19H,1-4H3,(H,23,26)(H,24,27). The van der Waals surface area contributed by atoms with Crippen LogP contribution in [0.5, 0.6) is 0 Å². The molecule has 29 heavy (non-hydrogen) atoms. The summed E-state index contributed by atoms with van der Waals surface area (Å²) in [5, 5.41) is 17.6. The molecule has 0 fully saturated rings. The quantitative estimate of drug-likeness (QED) is 0.425. The first-order valence-corrected chi connectivity index (χ1v) is 9.14. The van der Waals surface area contributed by atoms with Crippen molar-refractivity contribution in [3.8, 4) is 0 Å². The van der Waals surface area contributed by atoms with Crippen LogP contribution < -0.4 is 10.7 Å². The van der Waals surface area contributed by atoms with Crippen molar-refractivity contribution in [1.82, 2.24) is 10.7 Å². The zero-order valence-corrected chi connectivity index (χ0v) is 16.8. The number of benzene rings is 2. The first kappa shape index (κ1) is 21.7. The van der Waals surface area contributed by atoms with Gasteiger partial charge in [-0.3, -0.25) is 19.7 Å². The molecule has 0 spiro atoms. The summed E-state index contributed by atoms with van der Waals surface area (Å²) in [4.78, 5) is 35.4. The van der Waals surface area contributed by atoms with Crippen LogP contribution in [0.25, 0.3) is 0 Å². The highest BCUT2D eigenvalue weighted by Gasteiger charge is 2.24. The third-order valence-corrected chi connectivity index (χ3v) is 4.37. The minimum atomic E-state index is -0.784. The summed E-state index contributed by atoms with van der Waals surface area (Å²) in [7, 11) is 0. The molecule has 0 radical (unpaired) electrons. The van der Waals surface area contributed by atoms with Gasteiger partial charge >= 0.3 is 0 Å². The zero-order valence-electron chi connectivity index (χ0n) is 16.8. The highest BCUT2D eigenvalue weighted by Crippen LogP contribution is 2.18. The Morgan fingerprint density at radius 3 is 2.34 bits per heavy atom. The van der Waals surface area contributed by atoms with E-state index in [1.165, 1.54) is 12.3 Å². The first-order chi connectivity index (χ1) is 13.7. The highest BCUT2D eigenvalue weighted by atomic mass is 16.6. The summed E-state index contributed by atoms with van der Waals surface area (Å²) in [6.45, 7) is 7.19. The molecule has 2 N–H and O–H groups in total. The van der Waals surface area contributed by atoms with E-state index in [4.69, 9.17) is 0 Å². The van der Waals surface area contributed by atoms with Gasteiger partial charge in [0.25, 0.3) is 17.5 Å². The van der Waals surface area contributed by atoms with Gasteiger partial charge in [-0.1, -0.05) is 43.7 Å². The summed E-state index contributed by atoms with van der Waals surface area (Å²) in [5.41, 5.74) is 4.88. The summed E-state index contributed by atoms with van der Waals surface area (Å²) in [6.07, 6.45) is 1.32. The van der Waals surface area contributed by atoms with Gasteiger partial charge in [-0.15, -0.1) is 0 Å². The van der Waals surface area contributed by atoms with Crippen molar-refractivity contribution in [2.24, 2.45) is 11.0 Å². The second-order valence-corrected chi connectivity index (χ2v) is 7.10. The number of nitro groups is 1. The van der Waals surface area contributed by atoms with Gasteiger partial charge in [0.2, 0.25) is 0 Å². The average molecular weight is 396 g/mol. The normalized spacial score (nSPS) is 12.0. The van der Waals surface area contributed by atoms with Crippen molar-refractivity contribution < 1.29 is 14.5 Å². The number of carbonyl (C=O) groups is 2. The van der Waals surface area contributed by atoms with Crippen LogP contribution in [0.4, 0.5) is 5.69 Å². The largest absolute Gasteiger partial charge is 0.340 e. The molecular weight excluding hydrogens is 372 g/mol. The number of rotatable bonds is 7. The summed E-state index contributed by atoms with van der Waals surface area (Å²) >= 11 is 0. The van der Waals surface area contributed by atoms with Crippen LogP contribution in [0.2, 0.25) is 0 Å². The molecule has 2 amide bonds. The number of hydrogen-bond acceptors (Lipinski definition) is 5. The Labute approximate surface area is 169 Å². The van der Waals surface area contributed by atoms with Crippen molar-refractivity contribution in [3.63, 3.8) is 0 Å². The summed E-state index contributed by atoms with van der Waals surface area (Å²) in [5.74, 6) is -0.990. The molecule has 1 atom stereocenters. The van der Waals surface area contributed by atoms with Gasteiger partial charge < -0.3 is 5.32 Å². The third-order valence-electron chi connectivity index (χ3n) is 4.37. The molecule has 0 aromatic heterocycles. The van der Waals surface area contributed by atoms with Crippen molar-refractivity contribution in [1.29, 1.82) is 0 Å². The molecule has 0 aliphatic heterocycles. The number of aryl methyl sites for hydroxylation is 2. The van der Waals surface area contributed by atoms with E-state index in [1.807, 2.05) is 32.9 Å². The lowest BCUT2D eigenvalue weighted by Gasteiger charge is -2.20. The SMILES string of the molecule is Cc1ccc(C(=O)NC(C(=O)NN=Cc2ccc(C)c([N+](=O)[O-])c2)C(C)C)cc1. The molecule has 8 nitrogen and oxygen atoms in total. The van der Waals surface area contributed by atoms with Gasteiger partial charge in [0.15, 0.2) is 0 Å². The number of amides is 2. The molecule has 0 saturated carbocycles. The smallest absolute Gasteiger partial charge is 0.272 e. The minimum Gasteiger partial charge on any atom is -0.340 e. The van der Waals surface area contributed by atoms with Crippen molar-refractivity contribution in [2.45, 2.75) is 33.7 Å². The molecule has 2 rings (SSSR count). The molecule has 0 saturated heterocycles. The highest BCUT2D eigenvalue weighted by molar-refractivity contribution is 5.97. The Kier molecular flexibility index (Phi) is 7.19. The maximum atomic E-state index is 12.5. The summed E-state index contributed by atoms with van der Waals surface area (Å²) in [6, 6.07) is 10.9. The van der Waals surface area contributed by atoms with Gasteiger partial charge in [-0.2, -0.15) is 5.10 Å². The predicted molar refractivity (Wildman–Crippen MR) is 111 cm³/mol. The third kappa shape index (κ3) is 5.97. The number of hydrazone groups is 1. The Balaban J connectivity index is 2.05. The Morgan fingerprint density at radius 1 is 1.10 bits per heavy atom. The molecule has 0 bridgehead atoms. The molecule has 8 heteroatoms.